The number of aryl methyl sites for hydroxylation is 1. The Balaban J connectivity index is 2.02. The fourth-order valence-electron chi connectivity index (χ4n) is 1.30. The van der Waals surface area contributed by atoms with Crippen molar-refractivity contribution in [3.05, 3.63) is 44.8 Å². The van der Waals surface area contributed by atoms with Gasteiger partial charge in [-0.05, 0) is 41.1 Å². The number of halogens is 1. The largest absolute Gasteiger partial charge is 0.379 e. The van der Waals surface area contributed by atoms with Gasteiger partial charge in [0.05, 0.1) is 11.4 Å². The van der Waals surface area contributed by atoms with E-state index in [2.05, 4.69) is 37.7 Å². The molecule has 0 atom stereocenters. The Morgan fingerprint density at radius 1 is 1.53 bits per heavy atom. The lowest BCUT2D eigenvalue weighted by molar-refractivity contribution is 1.13. The minimum absolute atomic E-state index is 0.850. The number of rotatable bonds is 3. The van der Waals surface area contributed by atoms with Crippen molar-refractivity contribution < 1.29 is 0 Å². The van der Waals surface area contributed by atoms with Gasteiger partial charge in [-0.1, -0.05) is 0 Å². The normalized spacial score (nSPS) is 10.3. The second-order valence-corrected chi connectivity index (χ2v) is 5.13. The summed E-state index contributed by atoms with van der Waals surface area (Å²) in [5.41, 5.74) is 2.13. The molecule has 78 valence electrons. The molecule has 2 nitrogen and oxygen atoms in total. The number of aromatic nitrogens is 1. The molecule has 0 radical (unpaired) electrons. The molecule has 1 N–H and O–H groups in total. The lowest BCUT2D eigenvalue weighted by Crippen LogP contribution is -1.99. The van der Waals surface area contributed by atoms with Gasteiger partial charge in [-0.2, -0.15) is 0 Å². The van der Waals surface area contributed by atoms with Crippen LogP contribution in [0.15, 0.2) is 34.2 Å². The van der Waals surface area contributed by atoms with Crippen LogP contribution in [0.1, 0.15) is 10.6 Å². The second-order valence-electron chi connectivity index (χ2n) is 3.22. The van der Waals surface area contributed by atoms with Gasteiger partial charge in [0.25, 0.3) is 0 Å². The average Bonchev–Trinajstić information content (AvgIpc) is 2.63. The first-order valence-corrected chi connectivity index (χ1v) is 6.31. The molecule has 0 aliphatic rings. The van der Waals surface area contributed by atoms with E-state index in [9.17, 15) is 0 Å². The van der Waals surface area contributed by atoms with E-state index < -0.39 is 0 Å². The van der Waals surface area contributed by atoms with Gasteiger partial charge in [-0.3, -0.25) is 4.98 Å². The van der Waals surface area contributed by atoms with E-state index in [0.29, 0.717) is 0 Å². The smallest absolute Gasteiger partial charge is 0.0603 e. The van der Waals surface area contributed by atoms with Crippen molar-refractivity contribution >= 4 is 33.0 Å². The highest BCUT2D eigenvalue weighted by atomic mass is 79.9. The van der Waals surface area contributed by atoms with Crippen LogP contribution in [-0.2, 0) is 6.54 Å². The third-order valence-electron chi connectivity index (χ3n) is 2.08. The maximum atomic E-state index is 4.23. The third kappa shape index (κ3) is 2.79. The molecule has 0 aromatic carbocycles. The van der Waals surface area contributed by atoms with Gasteiger partial charge in [0.2, 0.25) is 0 Å². The molecule has 0 bridgehead atoms. The van der Waals surface area contributed by atoms with Crippen molar-refractivity contribution in [3.63, 3.8) is 0 Å². The summed E-state index contributed by atoms with van der Waals surface area (Å²) in [5, 5.41) is 5.46. The van der Waals surface area contributed by atoms with Crippen molar-refractivity contribution in [1.29, 1.82) is 0 Å². The van der Waals surface area contributed by atoms with Gasteiger partial charge in [-0.25, -0.2) is 0 Å². The third-order valence-corrected chi connectivity index (χ3v) is 3.78. The van der Waals surface area contributed by atoms with E-state index >= 15 is 0 Å². The molecule has 0 aliphatic heterocycles. The van der Waals surface area contributed by atoms with E-state index in [1.807, 2.05) is 25.3 Å². The quantitative estimate of drug-likeness (QED) is 0.926. The molecule has 2 rings (SSSR count). The minimum atomic E-state index is 0.850. The van der Waals surface area contributed by atoms with Gasteiger partial charge >= 0.3 is 0 Å². The Kier molecular flexibility index (Phi) is 3.38. The molecule has 2 aromatic rings. The number of nitrogens with zero attached hydrogens (tertiary/aromatic N) is 1. The fourth-order valence-corrected chi connectivity index (χ4v) is 2.69. The fraction of sp³-hybridized carbons (Fsp3) is 0.182. The van der Waals surface area contributed by atoms with Crippen molar-refractivity contribution in [2.45, 2.75) is 13.5 Å². The molecule has 0 fully saturated rings. The maximum Gasteiger partial charge on any atom is 0.0603 e. The highest BCUT2D eigenvalue weighted by molar-refractivity contribution is 9.10. The van der Waals surface area contributed by atoms with Gasteiger partial charge in [0.15, 0.2) is 0 Å². The first-order valence-electron chi connectivity index (χ1n) is 4.64. The monoisotopic (exact) mass is 282 g/mol. The van der Waals surface area contributed by atoms with Gasteiger partial charge < -0.3 is 5.32 Å². The molecular weight excluding hydrogens is 272 g/mol. The van der Waals surface area contributed by atoms with Gasteiger partial charge in [0.1, 0.15) is 0 Å². The van der Waals surface area contributed by atoms with Crippen molar-refractivity contribution in [3.8, 4) is 0 Å². The SMILES string of the molecule is Cc1ncccc1NCc1cc(Br)cs1. The van der Waals surface area contributed by atoms with E-state index in [1.165, 1.54) is 4.88 Å². The topological polar surface area (TPSA) is 24.9 Å². The summed E-state index contributed by atoms with van der Waals surface area (Å²) in [6, 6.07) is 6.12. The number of nitrogens with one attached hydrogen (secondary N) is 1. The Hall–Kier alpha value is -0.870. The Bertz CT molecular complexity index is 453. The Morgan fingerprint density at radius 3 is 3.07 bits per heavy atom. The van der Waals surface area contributed by atoms with Crippen molar-refractivity contribution in [1.82, 2.24) is 4.98 Å². The van der Waals surface area contributed by atoms with Crippen LogP contribution in [0.2, 0.25) is 0 Å². The second kappa shape index (κ2) is 4.77. The van der Waals surface area contributed by atoms with Crippen LogP contribution in [0.25, 0.3) is 0 Å². The van der Waals surface area contributed by atoms with E-state index in [-0.39, 0.29) is 0 Å². The predicted octanol–water partition coefficient (Wildman–Crippen LogP) is 3.83. The molecule has 0 saturated heterocycles. The van der Waals surface area contributed by atoms with E-state index in [0.717, 1.165) is 22.4 Å². The first-order chi connectivity index (χ1) is 7.25. The summed E-state index contributed by atoms with van der Waals surface area (Å²) in [6.07, 6.45) is 1.81. The lowest BCUT2D eigenvalue weighted by Gasteiger charge is -2.06. The number of thiophene rings is 1. The Morgan fingerprint density at radius 2 is 2.40 bits per heavy atom. The summed E-state index contributed by atoms with van der Waals surface area (Å²) in [6.45, 7) is 2.86. The molecule has 4 heteroatoms. The molecule has 2 heterocycles. The molecule has 0 amide bonds. The van der Waals surface area contributed by atoms with E-state index in [1.54, 1.807) is 11.3 Å². The Labute approximate surface area is 101 Å². The molecule has 15 heavy (non-hydrogen) atoms. The standard InChI is InChI=1S/C11H11BrN2S/c1-8-11(3-2-4-13-8)14-6-10-5-9(12)7-15-10/h2-5,7,14H,6H2,1H3. The molecule has 0 spiro atoms. The summed E-state index contributed by atoms with van der Waals surface area (Å²) in [5.74, 6) is 0. The molecule has 0 unspecified atom stereocenters. The summed E-state index contributed by atoms with van der Waals surface area (Å²) < 4.78 is 1.15. The molecule has 0 aliphatic carbocycles. The van der Waals surface area contributed by atoms with Crippen molar-refractivity contribution in [2.75, 3.05) is 5.32 Å². The summed E-state index contributed by atoms with van der Waals surface area (Å²) in [7, 11) is 0. The molecule has 2 aromatic heterocycles. The van der Waals surface area contributed by atoms with Crippen LogP contribution < -0.4 is 5.32 Å². The maximum absolute atomic E-state index is 4.23. The van der Waals surface area contributed by atoms with E-state index in [4.69, 9.17) is 0 Å². The van der Waals surface area contributed by atoms with Gasteiger partial charge in [0, 0.05) is 27.5 Å². The van der Waals surface area contributed by atoms with Crippen molar-refractivity contribution in [2.24, 2.45) is 0 Å². The van der Waals surface area contributed by atoms with Crippen LogP contribution in [0.4, 0.5) is 5.69 Å². The number of hydrogen-bond acceptors (Lipinski definition) is 3. The van der Waals surface area contributed by atoms with Gasteiger partial charge in [-0.15, -0.1) is 11.3 Å². The zero-order valence-electron chi connectivity index (χ0n) is 8.33. The molecule has 0 saturated carbocycles. The van der Waals surface area contributed by atoms with Crippen LogP contribution >= 0.6 is 27.3 Å². The summed E-state index contributed by atoms with van der Waals surface area (Å²) in [4.78, 5) is 5.54. The number of pyridine rings is 1. The lowest BCUT2D eigenvalue weighted by atomic mass is 10.3. The van der Waals surface area contributed by atoms with Crippen LogP contribution in [0.3, 0.4) is 0 Å². The van der Waals surface area contributed by atoms with Crippen LogP contribution in [0, 0.1) is 6.92 Å². The number of hydrogen-bond donors (Lipinski definition) is 1. The van der Waals surface area contributed by atoms with Crippen LogP contribution in [-0.4, -0.2) is 4.98 Å². The molecular formula is C11H11BrN2S. The van der Waals surface area contributed by atoms with Crippen LogP contribution in [0.5, 0.6) is 0 Å². The average molecular weight is 283 g/mol. The highest BCUT2D eigenvalue weighted by Gasteiger charge is 1.99. The minimum Gasteiger partial charge on any atom is -0.379 e. The highest BCUT2D eigenvalue weighted by Crippen LogP contribution is 2.21. The zero-order valence-corrected chi connectivity index (χ0v) is 10.7. The summed E-state index contributed by atoms with van der Waals surface area (Å²) >= 11 is 5.19. The zero-order chi connectivity index (χ0) is 10.7. The number of anilines is 1. The predicted molar refractivity (Wildman–Crippen MR) is 68.3 cm³/mol. The first kappa shape index (κ1) is 10.6.